The number of fused-ring (bicyclic) bond motifs is 2. The SMILES string of the molecule is Cc1cc2c(Nc3cccc4c3CCO4)c(C(N)=O)cnc2c(C)n1. The number of amides is 1. The number of rotatable bonds is 3. The van der Waals surface area contributed by atoms with Crippen LogP contribution in [-0.4, -0.2) is 22.5 Å². The van der Waals surface area contributed by atoms with Crippen LogP contribution in [0.25, 0.3) is 10.9 Å². The molecule has 2 aromatic heterocycles. The van der Waals surface area contributed by atoms with Crippen LogP contribution < -0.4 is 15.8 Å². The smallest absolute Gasteiger partial charge is 0.252 e. The molecule has 6 heteroatoms. The Labute approximate surface area is 145 Å². The third kappa shape index (κ3) is 2.55. The van der Waals surface area contributed by atoms with Crippen LogP contribution in [0.3, 0.4) is 0 Å². The quantitative estimate of drug-likeness (QED) is 0.768. The molecule has 0 bridgehead atoms. The van der Waals surface area contributed by atoms with Crippen molar-refractivity contribution in [2.75, 3.05) is 11.9 Å². The fourth-order valence-corrected chi connectivity index (χ4v) is 3.31. The van der Waals surface area contributed by atoms with Gasteiger partial charge in [-0.3, -0.25) is 14.8 Å². The average molecular weight is 334 g/mol. The molecule has 0 spiro atoms. The van der Waals surface area contributed by atoms with Crippen molar-refractivity contribution in [1.29, 1.82) is 0 Å². The van der Waals surface area contributed by atoms with Gasteiger partial charge in [-0.2, -0.15) is 0 Å². The van der Waals surface area contributed by atoms with Gasteiger partial charge < -0.3 is 15.8 Å². The lowest BCUT2D eigenvalue weighted by Gasteiger charge is -2.16. The van der Waals surface area contributed by atoms with E-state index in [1.165, 1.54) is 6.20 Å². The molecule has 6 nitrogen and oxygen atoms in total. The molecule has 0 aliphatic carbocycles. The minimum atomic E-state index is -0.521. The predicted molar refractivity (Wildman–Crippen MR) is 96.5 cm³/mol. The van der Waals surface area contributed by atoms with Crippen LogP contribution in [0.1, 0.15) is 27.3 Å². The van der Waals surface area contributed by atoms with Crippen molar-refractivity contribution in [2.45, 2.75) is 20.3 Å². The number of anilines is 2. The van der Waals surface area contributed by atoms with Gasteiger partial charge in [-0.15, -0.1) is 0 Å². The molecule has 1 aromatic carbocycles. The highest BCUT2D eigenvalue weighted by molar-refractivity contribution is 6.08. The van der Waals surface area contributed by atoms with Gasteiger partial charge in [0, 0.05) is 34.9 Å². The van der Waals surface area contributed by atoms with Crippen LogP contribution in [-0.2, 0) is 6.42 Å². The average Bonchev–Trinajstić information content (AvgIpc) is 3.04. The van der Waals surface area contributed by atoms with E-state index < -0.39 is 5.91 Å². The van der Waals surface area contributed by atoms with Crippen LogP contribution in [0.4, 0.5) is 11.4 Å². The number of carbonyl (C=O) groups is 1. The normalized spacial score (nSPS) is 12.7. The van der Waals surface area contributed by atoms with E-state index >= 15 is 0 Å². The summed E-state index contributed by atoms with van der Waals surface area (Å²) in [6.45, 7) is 4.49. The number of aromatic nitrogens is 2. The molecule has 0 radical (unpaired) electrons. The zero-order valence-electron chi connectivity index (χ0n) is 14.1. The van der Waals surface area contributed by atoms with E-state index in [4.69, 9.17) is 10.5 Å². The zero-order chi connectivity index (χ0) is 17.6. The summed E-state index contributed by atoms with van der Waals surface area (Å²) < 4.78 is 5.63. The highest BCUT2D eigenvalue weighted by Crippen LogP contribution is 2.36. The monoisotopic (exact) mass is 334 g/mol. The first-order valence-electron chi connectivity index (χ1n) is 8.13. The predicted octanol–water partition coefficient (Wildman–Crippen LogP) is 3.02. The first kappa shape index (κ1) is 15.4. The fourth-order valence-electron chi connectivity index (χ4n) is 3.31. The number of primary amides is 1. The van der Waals surface area contributed by atoms with E-state index in [0.29, 0.717) is 17.9 Å². The molecule has 3 heterocycles. The maximum Gasteiger partial charge on any atom is 0.252 e. The maximum absolute atomic E-state index is 12.0. The number of hydrogen-bond donors (Lipinski definition) is 2. The standard InChI is InChI=1S/C19H18N4O2/c1-10-8-13-17(11(2)22-10)21-9-14(19(20)24)18(13)23-15-4-3-5-16-12(15)6-7-25-16/h3-5,8-9H,6-7H2,1-2H3,(H2,20,24)(H,21,23). The molecular weight excluding hydrogens is 316 g/mol. The first-order chi connectivity index (χ1) is 12.0. The number of benzene rings is 1. The van der Waals surface area contributed by atoms with Crippen LogP contribution >= 0.6 is 0 Å². The van der Waals surface area contributed by atoms with Gasteiger partial charge >= 0.3 is 0 Å². The van der Waals surface area contributed by atoms with Gasteiger partial charge in [-0.25, -0.2) is 0 Å². The molecule has 0 saturated carbocycles. The molecule has 0 fully saturated rings. The van der Waals surface area contributed by atoms with Gasteiger partial charge in [0.05, 0.1) is 29.1 Å². The highest BCUT2D eigenvalue weighted by atomic mass is 16.5. The Bertz CT molecular complexity index is 1010. The lowest BCUT2D eigenvalue weighted by Crippen LogP contribution is -2.14. The van der Waals surface area contributed by atoms with Crippen molar-refractivity contribution in [2.24, 2.45) is 5.73 Å². The molecule has 126 valence electrons. The molecule has 3 N–H and O–H groups in total. The Morgan fingerprint density at radius 2 is 2.16 bits per heavy atom. The topological polar surface area (TPSA) is 90.1 Å². The van der Waals surface area contributed by atoms with Crippen LogP contribution in [0, 0.1) is 13.8 Å². The van der Waals surface area contributed by atoms with E-state index in [1.807, 2.05) is 38.1 Å². The number of aryl methyl sites for hydroxylation is 2. The molecule has 0 atom stereocenters. The molecule has 4 rings (SSSR count). The van der Waals surface area contributed by atoms with Crippen LogP contribution in [0.15, 0.2) is 30.5 Å². The minimum Gasteiger partial charge on any atom is -0.493 e. The lowest BCUT2D eigenvalue weighted by molar-refractivity contribution is 0.100. The summed E-state index contributed by atoms with van der Waals surface area (Å²) in [6.07, 6.45) is 2.34. The summed E-state index contributed by atoms with van der Waals surface area (Å²) in [5.74, 6) is 0.353. The number of nitrogens with two attached hydrogens (primary N) is 1. The van der Waals surface area contributed by atoms with Crippen molar-refractivity contribution >= 4 is 28.2 Å². The summed E-state index contributed by atoms with van der Waals surface area (Å²) in [6, 6.07) is 7.78. The van der Waals surface area contributed by atoms with Gasteiger partial charge in [-0.05, 0) is 32.0 Å². The van der Waals surface area contributed by atoms with Crippen LogP contribution in [0.5, 0.6) is 5.75 Å². The molecular formula is C19H18N4O2. The summed E-state index contributed by atoms with van der Waals surface area (Å²) in [5.41, 5.74) is 11.0. The molecule has 1 amide bonds. The minimum absolute atomic E-state index is 0.356. The number of nitrogens with one attached hydrogen (secondary N) is 1. The Morgan fingerprint density at radius 1 is 1.32 bits per heavy atom. The second kappa shape index (κ2) is 5.73. The number of hydrogen-bond acceptors (Lipinski definition) is 5. The van der Waals surface area contributed by atoms with E-state index in [0.717, 1.165) is 45.7 Å². The van der Waals surface area contributed by atoms with Gasteiger partial charge in [0.1, 0.15) is 5.75 Å². The van der Waals surface area contributed by atoms with E-state index in [2.05, 4.69) is 15.3 Å². The number of carbonyl (C=O) groups excluding carboxylic acids is 1. The number of nitrogens with zero attached hydrogens (tertiary/aromatic N) is 2. The summed E-state index contributed by atoms with van der Waals surface area (Å²) in [5, 5.41) is 4.23. The van der Waals surface area contributed by atoms with Crippen molar-refractivity contribution in [1.82, 2.24) is 9.97 Å². The summed E-state index contributed by atoms with van der Waals surface area (Å²) >= 11 is 0. The van der Waals surface area contributed by atoms with E-state index in [1.54, 1.807) is 0 Å². The third-order valence-electron chi connectivity index (χ3n) is 4.42. The fraction of sp³-hybridized carbons (Fsp3) is 0.211. The first-order valence-corrected chi connectivity index (χ1v) is 8.13. The number of ether oxygens (including phenoxy) is 1. The maximum atomic E-state index is 12.0. The van der Waals surface area contributed by atoms with Gasteiger partial charge in [0.25, 0.3) is 5.91 Å². The van der Waals surface area contributed by atoms with Crippen molar-refractivity contribution in [3.8, 4) is 5.75 Å². The van der Waals surface area contributed by atoms with Crippen LogP contribution in [0.2, 0.25) is 0 Å². The number of pyridine rings is 2. The van der Waals surface area contributed by atoms with Crippen molar-refractivity contribution in [3.63, 3.8) is 0 Å². The van der Waals surface area contributed by atoms with Crippen molar-refractivity contribution < 1.29 is 9.53 Å². The Kier molecular flexibility index (Phi) is 3.53. The Hall–Kier alpha value is -3.15. The van der Waals surface area contributed by atoms with E-state index in [-0.39, 0.29) is 0 Å². The van der Waals surface area contributed by atoms with Crippen molar-refractivity contribution in [3.05, 3.63) is 53.0 Å². The summed E-state index contributed by atoms with van der Waals surface area (Å²) in [7, 11) is 0. The molecule has 0 saturated heterocycles. The highest BCUT2D eigenvalue weighted by Gasteiger charge is 2.20. The summed E-state index contributed by atoms with van der Waals surface area (Å²) in [4.78, 5) is 20.8. The third-order valence-corrected chi connectivity index (χ3v) is 4.42. The molecule has 3 aromatic rings. The zero-order valence-corrected chi connectivity index (χ0v) is 14.1. The van der Waals surface area contributed by atoms with Gasteiger partial charge in [-0.1, -0.05) is 6.07 Å². The van der Waals surface area contributed by atoms with Gasteiger partial charge in [0.2, 0.25) is 0 Å². The lowest BCUT2D eigenvalue weighted by atomic mass is 10.1. The Morgan fingerprint density at radius 3 is 2.96 bits per heavy atom. The molecule has 1 aliphatic heterocycles. The molecule has 0 unspecified atom stereocenters. The second-order valence-corrected chi connectivity index (χ2v) is 6.16. The van der Waals surface area contributed by atoms with E-state index in [9.17, 15) is 4.79 Å². The largest absolute Gasteiger partial charge is 0.493 e. The second-order valence-electron chi connectivity index (χ2n) is 6.16. The molecule has 1 aliphatic rings. The molecule has 25 heavy (non-hydrogen) atoms. The van der Waals surface area contributed by atoms with Gasteiger partial charge in [0.15, 0.2) is 0 Å². The Balaban J connectivity index is 1.95.